The Morgan fingerprint density at radius 2 is 1.58 bits per heavy atom. The highest BCUT2D eigenvalue weighted by molar-refractivity contribution is 6.35. The lowest BCUT2D eigenvalue weighted by molar-refractivity contribution is -0.140. The number of ether oxygens (including phenoxy) is 1. The molecule has 2 amide bonds. The van der Waals surface area contributed by atoms with E-state index < -0.39 is 17.4 Å². The van der Waals surface area contributed by atoms with Crippen LogP contribution in [-0.2, 0) is 26.5 Å². The molecule has 2 aromatic rings. The van der Waals surface area contributed by atoms with Gasteiger partial charge in [-0.25, -0.2) is 0 Å². The van der Waals surface area contributed by atoms with Gasteiger partial charge in [0.05, 0.1) is 6.54 Å². The first-order valence-electron chi connectivity index (χ1n) is 8.73. The van der Waals surface area contributed by atoms with Crippen molar-refractivity contribution in [2.24, 2.45) is 0 Å². The van der Waals surface area contributed by atoms with Crippen LogP contribution in [0.4, 0.5) is 0 Å². The number of nitrogens with one attached hydrogen (secondary N) is 2. The van der Waals surface area contributed by atoms with Gasteiger partial charge in [0.1, 0.15) is 5.60 Å². The number of rotatable bonds is 7. The fraction of sp³-hybridized carbons (Fsp3) is 0.333. The summed E-state index contributed by atoms with van der Waals surface area (Å²) in [7, 11) is 1.61. The Morgan fingerprint density at radius 3 is 2.15 bits per heavy atom. The Bertz CT molecular complexity index is 723. The van der Waals surface area contributed by atoms with Crippen molar-refractivity contribution >= 4 is 11.8 Å². The zero-order valence-electron chi connectivity index (χ0n) is 15.5. The molecule has 0 aromatic heterocycles. The fourth-order valence-corrected chi connectivity index (χ4v) is 2.78. The zero-order valence-corrected chi connectivity index (χ0v) is 15.5. The molecule has 0 aliphatic carbocycles. The molecule has 2 N–H and O–H groups in total. The van der Waals surface area contributed by atoms with Gasteiger partial charge in [-0.1, -0.05) is 67.1 Å². The number of carbonyl (C=O) groups excluding carboxylic acids is 2. The van der Waals surface area contributed by atoms with E-state index in [4.69, 9.17) is 4.74 Å². The molecule has 1 atom stereocenters. The molecule has 0 aliphatic heterocycles. The van der Waals surface area contributed by atoms with Gasteiger partial charge in [-0.15, -0.1) is 0 Å². The predicted molar refractivity (Wildman–Crippen MR) is 101 cm³/mol. The second-order valence-corrected chi connectivity index (χ2v) is 6.27. The number of benzene rings is 2. The van der Waals surface area contributed by atoms with Gasteiger partial charge in [0.2, 0.25) is 0 Å². The molecule has 0 radical (unpaired) electrons. The second-order valence-electron chi connectivity index (χ2n) is 6.27. The number of aryl methyl sites for hydroxylation is 1. The minimum atomic E-state index is -0.664. The summed E-state index contributed by atoms with van der Waals surface area (Å²) in [4.78, 5) is 24.2. The Labute approximate surface area is 154 Å². The summed E-state index contributed by atoms with van der Waals surface area (Å²) in [5.74, 6) is -1.32. The molecular formula is C21H26N2O3. The van der Waals surface area contributed by atoms with E-state index in [9.17, 15) is 9.59 Å². The van der Waals surface area contributed by atoms with Crippen molar-refractivity contribution in [3.63, 3.8) is 0 Å². The van der Waals surface area contributed by atoms with E-state index in [1.807, 2.05) is 68.4 Å². The highest BCUT2D eigenvalue weighted by Crippen LogP contribution is 2.27. The van der Waals surface area contributed by atoms with Crippen LogP contribution in [0.15, 0.2) is 54.6 Å². The minimum absolute atomic E-state index is 0.223. The molecule has 0 bridgehead atoms. The Hall–Kier alpha value is -2.66. The van der Waals surface area contributed by atoms with Crippen LogP contribution < -0.4 is 10.6 Å². The van der Waals surface area contributed by atoms with E-state index in [2.05, 4.69) is 10.6 Å². The third-order valence-electron chi connectivity index (χ3n) is 4.58. The normalized spacial score (nSPS) is 12.9. The van der Waals surface area contributed by atoms with Crippen LogP contribution in [0, 0.1) is 6.92 Å². The topological polar surface area (TPSA) is 67.4 Å². The molecule has 0 heterocycles. The second kappa shape index (κ2) is 9.15. The van der Waals surface area contributed by atoms with Crippen molar-refractivity contribution in [2.75, 3.05) is 13.7 Å². The molecule has 0 saturated carbocycles. The Balaban J connectivity index is 1.93. The van der Waals surface area contributed by atoms with E-state index in [1.54, 1.807) is 7.11 Å². The summed E-state index contributed by atoms with van der Waals surface area (Å²) in [6.07, 6.45) is 0.665. The lowest BCUT2D eigenvalue weighted by Crippen LogP contribution is -2.46. The van der Waals surface area contributed by atoms with Gasteiger partial charge in [0, 0.05) is 13.7 Å². The van der Waals surface area contributed by atoms with E-state index in [0.717, 1.165) is 16.7 Å². The van der Waals surface area contributed by atoms with Gasteiger partial charge < -0.3 is 15.4 Å². The first kappa shape index (κ1) is 19.7. The van der Waals surface area contributed by atoms with Gasteiger partial charge in [-0.05, 0) is 24.5 Å². The van der Waals surface area contributed by atoms with Crippen molar-refractivity contribution < 1.29 is 14.3 Å². The third-order valence-corrected chi connectivity index (χ3v) is 4.58. The highest BCUT2D eigenvalue weighted by atomic mass is 16.5. The summed E-state index contributed by atoms with van der Waals surface area (Å²) in [5, 5.41) is 5.33. The summed E-state index contributed by atoms with van der Waals surface area (Å²) in [5.41, 5.74) is 2.40. The lowest BCUT2D eigenvalue weighted by Gasteiger charge is -2.32. The maximum Gasteiger partial charge on any atom is 0.309 e. The number of amides is 2. The molecule has 0 saturated heterocycles. The molecule has 1 unspecified atom stereocenters. The molecular weight excluding hydrogens is 328 g/mol. The van der Waals surface area contributed by atoms with E-state index >= 15 is 0 Å². The van der Waals surface area contributed by atoms with Gasteiger partial charge in [0.25, 0.3) is 0 Å². The first-order valence-corrected chi connectivity index (χ1v) is 8.73. The summed E-state index contributed by atoms with van der Waals surface area (Å²) < 4.78 is 5.70. The average molecular weight is 354 g/mol. The number of methoxy groups -OCH3 is 1. The maximum absolute atomic E-state index is 12.1. The molecule has 2 aromatic carbocycles. The third kappa shape index (κ3) is 4.92. The quantitative estimate of drug-likeness (QED) is 0.751. The van der Waals surface area contributed by atoms with Crippen molar-refractivity contribution in [3.05, 3.63) is 71.3 Å². The molecule has 0 aliphatic rings. The zero-order chi connectivity index (χ0) is 19.0. The summed E-state index contributed by atoms with van der Waals surface area (Å²) >= 11 is 0. The van der Waals surface area contributed by atoms with Crippen LogP contribution in [0.1, 0.15) is 30.0 Å². The molecule has 138 valence electrons. The van der Waals surface area contributed by atoms with Crippen LogP contribution in [0.25, 0.3) is 0 Å². The molecule has 0 fully saturated rings. The van der Waals surface area contributed by atoms with Gasteiger partial charge >= 0.3 is 11.8 Å². The molecule has 5 nitrogen and oxygen atoms in total. The standard InChI is InChI=1S/C21H26N2O3/c1-4-21(26-3,18-8-6-5-7-9-18)15-23-20(25)19(24)22-14-17-12-10-16(2)11-13-17/h5-13H,4,14-15H2,1-3H3,(H,22,24)(H,23,25). The van der Waals surface area contributed by atoms with Gasteiger partial charge in [-0.2, -0.15) is 0 Å². The van der Waals surface area contributed by atoms with Crippen molar-refractivity contribution in [1.29, 1.82) is 0 Å². The van der Waals surface area contributed by atoms with Crippen LogP contribution >= 0.6 is 0 Å². The highest BCUT2D eigenvalue weighted by Gasteiger charge is 2.31. The van der Waals surface area contributed by atoms with Gasteiger partial charge in [0.15, 0.2) is 0 Å². The summed E-state index contributed by atoms with van der Waals surface area (Å²) in [6, 6.07) is 17.5. The van der Waals surface area contributed by atoms with Gasteiger partial charge in [-0.3, -0.25) is 9.59 Å². The Morgan fingerprint density at radius 1 is 0.962 bits per heavy atom. The lowest BCUT2D eigenvalue weighted by atomic mass is 9.90. The molecule has 2 rings (SSSR count). The van der Waals surface area contributed by atoms with Crippen LogP contribution in [-0.4, -0.2) is 25.5 Å². The fourth-order valence-electron chi connectivity index (χ4n) is 2.78. The number of hydrogen-bond donors (Lipinski definition) is 2. The maximum atomic E-state index is 12.1. The monoisotopic (exact) mass is 354 g/mol. The largest absolute Gasteiger partial charge is 0.372 e. The summed E-state index contributed by atoms with van der Waals surface area (Å²) in [6.45, 7) is 4.52. The molecule has 0 spiro atoms. The van der Waals surface area contributed by atoms with Crippen molar-refractivity contribution in [3.8, 4) is 0 Å². The van der Waals surface area contributed by atoms with E-state index in [-0.39, 0.29) is 6.54 Å². The van der Waals surface area contributed by atoms with Crippen LogP contribution in [0.5, 0.6) is 0 Å². The smallest absolute Gasteiger partial charge is 0.309 e. The minimum Gasteiger partial charge on any atom is -0.372 e. The molecule has 26 heavy (non-hydrogen) atoms. The average Bonchev–Trinajstić information content (AvgIpc) is 2.69. The number of hydrogen-bond acceptors (Lipinski definition) is 3. The van der Waals surface area contributed by atoms with Crippen molar-refractivity contribution in [2.45, 2.75) is 32.4 Å². The first-order chi connectivity index (χ1) is 12.5. The van der Waals surface area contributed by atoms with Crippen molar-refractivity contribution in [1.82, 2.24) is 10.6 Å². The predicted octanol–water partition coefficient (Wildman–Crippen LogP) is 2.68. The Kier molecular flexibility index (Phi) is 6.92. The van der Waals surface area contributed by atoms with Crippen LogP contribution in [0.2, 0.25) is 0 Å². The number of carbonyl (C=O) groups is 2. The van der Waals surface area contributed by atoms with E-state index in [1.165, 1.54) is 0 Å². The SMILES string of the molecule is CCC(CNC(=O)C(=O)NCc1ccc(C)cc1)(OC)c1ccccc1. The van der Waals surface area contributed by atoms with E-state index in [0.29, 0.717) is 13.0 Å². The molecule has 5 heteroatoms. The van der Waals surface area contributed by atoms with Crippen LogP contribution in [0.3, 0.4) is 0 Å².